The van der Waals surface area contributed by atoms with E-state index in [1.165, 1.54) is 0 Å². The fourth-order valence-corrected chi connectivity index (χ4v) is 1.94. The Balaban J connectivity index is 1.98. The van der Waals surface area contributed by atoms with Crippen LogP contribution in [-0.2, 0) is 6.18 Å². The lowest BCUT2D eigenvalue weighted by Gasteiger charge is -2.14. The minimum absolute atomic E-state index is 0.145. The van der Waals surface area contributed by atoms with Crippen LogP contribution in [0.15, 0.2) is 42.5 Å². The van der Waals surface area contributed by atoms with Gasteiger partial charge >= 0.3 is 6.18 Å². The standard InChI is InChI=1S/C16H12F5NO2/c17-12-6-3-10(7-13(12)18)15(24)22-8-14(23)9-1-4-11(5-2-9)16(19,20)21/h1-7,14,23H,8H2,(H,22,24)/t14-/m1/s1. The molecule has 0 bridgehead atoms. The molecular formula is C16H12F5NO2. The van der Waals surface area contributed by atoms with Gasteiger partial charge in [-0.3, -0.25) is 4.79 Å². The molecule has 2 aromatic rings. The first-order valence-corrected chi connectivity index (χ1v) is 6.77. The van der Waals surface area contributed by atoms with E-state index in [2.05, 4.69) is 5.32 Å². The third-order valence-electron chi connectivity index (χ3n) is 3.26. The number of nitrogens with one attached hydrogen (secondary N) is 1. The summed E-state index contributed by atoms with van der Waals surface area (Å²) in [6, 6.07) is 6.38. The van der Waals surface area contributed by atoms with E-state index in [9.17, 15) is 31.9 Å². The summed E-state index contributed by atoms with van der Waals surface area (Å²) < 4.78 is 63.2. The van der Waals surface area contributed by atoms with Crippen molar-refractivity contribution < 1.29 is 31.9 Å². The van der Waals surface area contributed by atoms with Gasteiger partial charge in [-0.2, -0.15) is 13.2 Å². The number of carbonyl (C=O) groups excluding carboxylic acids is 1. The molecule has 0 spiro atoms. The van der Waals surface area contributed by atoms with E-state index in [0.29, 0.717) is 6.07 Å². The molecule has 0 aliphatic rings. The van der Waals surface area contributed by atoms with Crippen LogP contribution in [0.2, 0.25) is 0 Å². The molecule has 0 aromatic heterocycles. The zero-order valence-electron chi connectivity index (χ0n) is 12.1. The van der Waals surface area contributed by atoms with Crippen molar-refractivity contribution in [1.29, 1.82) is 0 Å². The first kappa shape index (κ1) is 17.9. The molecular weight excluding hydrogens is 333 g/mol. The highest BCUT2D eigenvalue weighted by Crippen LogP contribution is 2.29. The molecule has 0 saturated carbocycles. The van der Waals surface area contributed by atoms with Crippen LogP contribution in [-0.4, -0.2) is 17.6 Å². The van der Waals surface area contributed by atoms with Crippen LogP contribution in [0.5, 0.6) is 0 Å². The van der Waals surface area contributed by atoms with Crippen molar-refractivity contribution in [2.75, 3.05) is 6.54 Å². The molecule has 1 amide bonds. The van der Waals surface area contributed by atoms with Crippen LogP contribution < -0.4 is 5.32 Å². The van der Waals surface area contributed by atoms with Crippen LogP contribution in [0.4, 0.5) is 22.0 Å². The molecule has 0 aliphatic carbocycles. The van der Waals surface area contributed by atoms with Crippen molar-refractivity contribution >= 4 is 5.91 Å². The average molecular weight is 345 g/mol. The smallest absolute Gasteiger partial charge is 0.387 e. The maximum Gasteiger partial charge on any atom is 0.416 e. The Morgan fingerprint density at radius 1 is 1.04 bits per heavy atom. The molecule has 24 heavy (non-hydrogen) atoms. The summed E-state index contributed by atoms with van der Waals surface area (Å²) in [5.41, 5.74) is -0.827. The molecule has 2 rings (SSSR count). The van der Waals surface area contributed by atoms with E-state index in [-0.39, 0.29) is 17.7 Å². The molecule has 8 heteroatoms. The quantitative estimate of drug-likeness (QED) is 0.834. The lowest BCUT2D eigenvalue weighted by Crippen LogP contribution is -2.28. The first-order valence-electron chi connectivity index (χ1n) is 6.77. The molecule has 3 nitrogen and oxygen atoms in total. The predicted molar refractivity (Wildman–Crippen MR) is 75.1 cm³/mol. The second kappa shape index (κ2) is 6.96. The van der Waals surface area contributed by atoms with Gasteiger partial charge in [0, 0.05) is 12.1 Å². The van der Waals surface area contributed by atoms with Gasteiger partial charge in [0.25, 0.3) is 5.91 Å². The number of aliphatic hydroxyl groups excluding tert-OH is 1. The summed E-state index contributed by atoms with van der Waals surface area (Å²) in [4.78, 5) is 11.8. The van der Waals surface area contributed by atoms with Crippen LogP contribution in [0.25, 0.3) is 0 Å². The van der Waals surface area contributed by atoms with Gasteiger partial charge in [0.05, 0.1) is 11.7 Å². The van der Waals surface area contributed by atoms with E-state index < -0.39 is 35.4 Å². The number of carbonyl (C=O) groups is 1. The fourth-order valence-electron chi connectivity index (χ4n) is 1.94. The van der Waals surface area contributed by atoms with Crippen molar-refractivity contribution in [3.8, 4) is 0 Å². The number of alkyl halides is 3. The Bertz CT molecular complexity index is 728. The first-order chi connectivity index (χ1) is 11.2. The Labute approximate surface area is 133 Å². The number of amides is 1. The topological polar surface area (TPSA) is 49.3 Å². The number of aliphatic hydroxyl groups is 1. The molecule has 2 aromatic carbocycles. The van der Waals surface area contributed by atoms with Crippen molar-refractivity contribution in [2.45, 2.75) is 12.3 Å². The second-order valence-corrected chi connectivity index (χ2v) is 4.97. The molecule has 2 N–H and O–H groups in total. The molecule has 0 radical (unpaired) electrons. The minimum Gasteiger partial charge on any atom is -0.387 e. The van der Waals surface area contributed by atoms with E-state index in [1.54, 1.807) is 0 Å². The van der Waals surface area contributed by atoms with Gasteiger partial charge in [-0.15, -0.1) is 0 Å². The van der Waals surface area contributed by atoms with Gasteiger partial charge in [0.15, 0.2) is 11.6 Å². The van der Waals surface area contributed by atoms with Gasteiger partial charge in [0.2, 0.25) is 0 Å². The van der Waals surface area contributed by atoms with Crippen molar-refractivity contribution in [1.82, 2.24) is 5.32 Å². The normalized spacial score (nSPS) is 12.8. The third-order valence-corrected chi connectivity index (χ3v) is 3.26. The van der Waals surface area contributed by atoms with Crippen molar-refractivity contribution in [2.24, 2.45) is 0 Å². The number of halogens is 5. The summed E-state index contributed by atoms with van der Waals surface area (Å²) in [6.45, 7) is -0.302. The van der Waals surface area contributed by atoms with Gasteiger partial charge in [-0.05, 0) is 35.9 Å². The third kappa shape index (κ3) is 4.29. The van der Waals surface area contributed by atoms with Crippen molar-refractivity contribution in [3.05, 3.63) is 70.8 Å². The summed E-state index contributed by atoms with van der Waals surface area (Å²) in [6.07, 6.45) is -5.73. The number of benzene rings is 2. The molecule has 128 valence electrons. The molecule has 1 atom stereocenters. The van der Waals surface area contributed by atoms with Crippen LogP contribution in [0, 0.1) is 11.6 Å². The maximum absolute atomic E-state index is 13.0. The SMILES string of the molecule is O=C(NC[C@@H](O)c1ccc(C(F)(F)F)cc1)c1ccc(F)c(F)c1. The lowest BCUT2D eigenvalue weighted by atomic mass is 10.1. The summed E-state index contributed by atoms with van der Waals surface area (Å²) >= 11 is 0. The van der Waals surface area contributed by atoms with E-state index >= 15 is 0 Å². The second-order valence-electron chi connectivity index (χ2n) is 4.97. The largest absolute Gasteiger partial charge is 0.416 e. The van der Waals surface area contributed by atoms with Gasteiger partial charge in [-0.1, -0.05) is 12.1 Å². The molecule has 0 unspecified atom stereocenters. The highest BCUT2D eigenvalue weighted by Gasteiger charge is 2.30. The Kier molecular flexibility index (Phi) is 5.18. The fraction of sp³-hybridized carbons (Fsp3) is 0.188. The number of rotatable bonds is 4. The maximum atomic E-state index is 13.0. The minimum atomic E-state index is -4.48. The van der Waals surface area contributed by atoms with Gasteiger partial charge in [0.1, 0.15) is 0 Å². The number of hydrogen-bond acceptors (Lipinski definition) is 2. The molecule has 0 aliphatic heterocycles. The van der Waals surface area contributed by atoms with Gasteiger partial charge < -0.3 is 10.4 Å². The van der Waals surface area contributed by atoms with Crippen LogP contribution >= 0.6 is 0 Å². The highest BCUT2D eigenvalue weighted by molar-refractivity contribution is 5.94. The summed E-state index contributed by atoms with van der Waals surface area (Å²) in [5.74, 6) is -3.04. The predicted octanol–water partition coefficient (Wildman–Crippen LogP) is 3.45. The molecule has 0 saturated heterocycles. The molecule has 0 fully saturated rings. The Morgan fingerprint density at radius 3 is 2.21 bits per heavy atom. The van der Waals surface area contributed by atoms with Crippen LogP contribution in [0.3, 0.4) is 0 Å². The summed E-state index contributed by atoms with van der Waals surface area (Å²) in [7, 11) is 0. The zero-order chi connectivity index (χ0) is 17.9. The molecule has 0 heterocycles. The van der Waals surface area contributed by atoms with Crippen LogP contribution in [0.1, 0.15) is 27.6 Å². The average Bonchev–Trinajstić information content (AvgIpc) is 2.54. The number of hydrogen-bond donors (Lipinski definition) is 2. The zero-order valence-corrected chi connectivity index (χ0v) is 12.1. The summed E-state index contributed by atoms with van der Waals surface area (Å²) in [5, 5.41) is 12.2. The highest BCUT2D eigenvalue weighted by atomic mass is 19.4. The van der Waals surface area contributed by atoms with E-state index in [0.717, 1.165) is 36.4 Å². The lowest BCUT2D eigenvalue weighted by molar-refractivity contribution is -0.137. The van der Waals surface area contributed by atoms with Gasteiger partial charge in [-0.25, -0.2) is 8.78 Å². The Hall–Kier alpha value is -2.48. The van der Waals surface area contributed by atoms with E-state index in [1.807, 2.05) is 0 Å². The van der Waals surface area contributed by atoms with E-state index in [4.69, 9.17) is 0 Å². The van der Waals surface area contributed by atoms with Crippen molar-refractivity contribution in [3.63, 3.8) is 0 Å². The monoisotopic (exact) mass is 345 g/mol. The Morgan fingerprint density at radius 2 is 1.67 bits per heavy atom.